The molecule has 4 heteroatoms. The molecule has 80 valence electrons. The lowest BCUT2D eigenvalue weighted by Crippen LogP contribution is -2.44. The van der Waals surface area contributed by atoms with Crippen molar-refractivity contribution in [3.63, 3.8) is 0 Å². The van der Waals surface area contributed by atoms with Crippen molar-refractivity contribution >= 4 is 5.97 Å². The van der Waals surface area contributed by atoms with Crippen molar-refractivity contribution in [1.82, 2.24) is 5.32 Å². The van der Waals surface area contributed by atoms with E-state index in [2.05, 4.69) is 5.32 Å². The van der Waals surface area contributed by atoms with E-state index in [1.165, 1.54) is 13.5 Å². The number of hydrogen-bond donors (Lipinski definition) is 1. The van der Waals surface area contributed by atoms with Crippen LogP contribution < -0.4 is 5.32 Å². The number of nitrogens with one attached hydrogen (secondary N) is 1. The van der Waals surface area contributed by atoms with Crippen LogP contribution in [-0.4, -0.2) is 32.0 Å². The first-order valence-electron chi connectivity index (χ1n) is 5.23. The Bertz CT molecular complexity index is 223. The Morgan fingerprint density at radius 1 is 1.57 bits per heavy atom. The van der Waals surface area contributed by atoms with Gasteiger partial charge in [-0.25, -0.2) is 0 Å². The summed E-state index contributed by atoms with van der Waals surface area (Å²) in [5.41, 5.74) is -0.225. The fraction of sp³-hybridized carbons (Fsp3) is 0.900. The van der Waals surface area contributed by atoms with Crippen molar-refractivity contribution in [2.45, 2.75) is 31.4 Å². The van der Waals surface area contributed by atoms with Crippen LogP contribution in [0.1, 0.15) is 25.7 Å². The van der Waals surface area contributed by atoms with Crippen LogP contribution in [0, 0.1) is 5.92 Å². The van der Waals surface area contributed by atoms with Crippen molar-refractivity contribution in [3.05, 3.63) is 0 Å². The number of esters is 1. The molecule has 0 amide bonds. The third-order valence-corrected chi connectivity index (χ3v) is 3.13. The Hall–Kier alpha value is -0.610. The second-order valence-electron chi connectivity index (χ2n) is 4.10. The fourth-order valence-electron chi connectivity index (χ4n) is 2.34. The molecule has 2 aliphatic heterocycles. The molecule has 4 nitrogen and oxygen atoms in total. The highest BCUT2D eigenvalue weighted by Crippen LogP contribution is 2.33. The Balaban J connectivity index is 1.95. The number of rotatable bonds is 1. The van der Waals surface area contributed by atoms with Crippen LogP contribution >= 0.6 is 0 Å². The number of hydrogen-bond acceptors (Lipinski definition) is 4. The standard InChI is InChI=1S/C10H17NO3/c1-13-9(12)8-6-10(11-7-8)4-2-3-5-14-10/h8,11H,2-7H2,1H3. The minimum Gasteiger partial charge on any atom is -0.469 e. The highest BCUT2D eigenvalue weighted by molar-refractivity contribution is 5.73. The van der Waals surface area contributed by atoms with E-state index in [1.54, 1.807) is 0 Å². The summed E-state index contributed by atoms with van der Waals surface area (Å²) in [5.74, 6) is -0.151. The summed E-state index contributed by atoms with van der Waals surface area (Å²) in [6.07, 6.45) is 4.09. The van der Waals surface area contributed by atoms with Crippen LogP contribution in [0.4, 0.5) is 0 Å². The molecule has 2 aliphatic rings. The van der Waals surface area contributed by atoms with Gasteiger partial charge in [-0.2, -0.15) is 0 Å². The van der Waals surface area contributed by atoms with Gasteiger partial charge in [-0.15, -0.1) is 0 Å². The van der Waals surface area contributed by atoms with Gasteiger partial charge in [0.1, 0.15) is 5.72 Å². The first-order chi connectivity index (χ1) is 6.76. The first-order valence-corrected chi connectivity index (χ1v) is 5.23. The van der Waals surface area contributed by atoms with Gasteiger partial charge in [0.15, 0.2) is 0 Å². The van der Waals surface area contributed by atoms with Gasteiger partial charge < -0.3 is 9.47 Å². The fourth-order valence-corrected chi connectivity index (χ4v) is 2.34. The third kappa shape index (κ3) is 1.77. The molecule has 0 aromatic heterocycles. The van der Waals surface area contributed by atoms with E-state index in [9.17, 15) is 4.79 Å². The summed E-state index contributed by atoms with van der Waals surface area (Å²) in [7, 11) is 1.44. The summed E-state index contributed by atoms with van der Waals surface area (Å²) in [5, 5.41) is 3.31. The molecule has 2 rings (SSSR count). The van der Waals surface area contributed by atoms with Gasteiger partial charge in [0, 0.05) is 19.6 Å². The minimum atomic E-state index is -0.225. The molecule has 2 saturated heterocycles. The van der Waals surface area contributed by atoms with Gasteiger partial charge in [0.25, 0.3) is 0 Å². The van der Waals surface area contributed by atoms with E-state index in [-0.39, 0.29) is 17.6 Å². The second kappa shape index (κ2) is 3.87. The predicted octanol–water partition coefficient (Wildman–Crippen LogP) is 0.666. The van der Waals surface area contributed by atoms with Gasteiger partial charge in [-0.3, -0.25) is 10.1 Å². The smallest absolute Gasteiger partial charge is 0.310 e. The molecule has 14 heavy (non-hydrogen) atoms. The lowest BCUT2D eigenvalue weighted by molar-refractivity contribution is -0.146. The second-order valence-corrected chi connectivity index (χ2v) is 4.10. The summed E-state index contributed by atoms with van der Waals surface area (Å²) in [6.45, 7) is 1.49. The van der Waals surface area contributed by atoms with E-state index >= 15 is 0 Å². The molecule has 2 fully saturated rings. The maximum absolute atomic E-state index is 11.3. The number of carbonyl (C=O) groups excluding carboxylic acids is 1. The summed E-state index contributed by atoms with van der Waals surface area (Å²) < 4.78 is 10.5. The topological polar surface area (TPSA) is 47.6 Å². The molecule has 1 N–H and O–H groups in total. The summed E-state index contributed by atoms with van der Waals surface area (Å²) >= 11 is 0. The van der Waals surface area contributed by atoms with Gasteiger partial charge in [0.2, 0.25) is 0 Å². The van der Waals surface area contributed by atoms with Gasteiger partial charge in [-0.05, 0) is 19.3 Å². The molecule has 0 bridgehead atoms. The molecule has 0 aromatic rings. The lowest BCUT2D eigenvalue weighted by Gasteiger charge is -2.33. The summed E-state index contributed by atoms with van der Waals surface area (Å²) in [4.78, 5) is 11.3. The number of carbonyl (C=O) groups is 1. The van der Waals surface area contributed by atoms with Crippen LogP contribution in [0.2, 0.25) is 0 Å². The van der Waals surface area contributed by atoms with Crippen molar-refractivity contribution in [1.29, 1.82) is 0 Å². The first kappa shape index (κ1) is 9.93. The zero-order valence-corrected chi connectivity index (χ0v) is 8.54. The quantitative estimate of drug-likeness (QED) is 0.630. The molecule has 2 atom stereocenters. The van der Waals surface area contributed by atoms with Crippen molar-refractivity contribution in [2.75, 3.05) is 20.3 Å². The summed E-state index contributed by atoms with van der Waals surface area (Å²) in [6, 6.07) is 0. The Morgan fingerprint density at radius 2 is 2.43 bits per heavy atom. The van der Waals surface area contributed by atoms with Crippen molar-refractivity contribution in [3.8, 4) is 0 Å². The molecule has 0 saturated carbocycles. The lowest BCUT2D eigenvalue weighted by atomic mass is 9.96. The minimum absolute atomic E-state index is 0.0295. The van der Waals surface area contributed by atoms with Crippen LogP contribution in [0.3, 0.4) is 0 Å². The molecule has 0 aromatic carbocycles. The molecule has 0 radical (unpaired) electrons. The van der Waals surface area contributed by atoms with E-state index in [0.717, 1.165) is 25.9 Å². The zero-order valence-electron chi connectivity index (χ0n) is 8.54. The SMILES string of the molecule is COC(=O)C1CNC2(CCCCO2)C1. The highest BCUT2D eigenvalue weighted by Gasteiger charge is 2.43. The van der Waals surface area contributed by atoms with Crippen LogP contribution in [0.5, 0.6) is 0 Å². The van der Waals surface area contributed by atoms with E-state index in [0.29, 0.717) is 6.54 Å². The normalized spacial score (nSPS) is 37.4. The zero-order chi connectivity index (χ0) is 10.0. The van der Waals surface area contributed by atoms with Crippen LogP contribution in [0.15, 0.2) is 0 Å². The van der Waals surface area contributed by atoms with Crippen molar-refractivity contribution in [2.24, 2.45) is 5.92 Å². The molecule has 1 spiro atoms. The molecular formula is C10H17NO3. The maximum atomic E-state index is 11.3. The number of ether oxygens (including phenoxy) is 2. The van der Waals surface area contributed by atoms with Gasteiger partial charge >= 0.3 is 5.97 Å². The van der Waals surface area contributed by atoms with Crippen LogP contribution in [0.25, 0.3) is 0 Å². The highest BCUT2D eigenvalue weighted by atomic mass is 16.5. The monoisotopic (exact) mass is 199 g/mol. The number of methoxy groups -OCH3 is 1. The van der Waals surface area contributed by atoms with E-state index in [4.69, 9.17) is 9.47 Å². The Kier molecular flexibility index (Phi) is 2.74. The van der Waals surface area contributed by atoms with Gasteiger partial charge in [-0.1, -0.05) is 0 Å². The Morgan fingerprint density at radius 3 is 3.07 bits per heavy atom. The van der Waals surface area contributed by atoms with Crippen LogP contribution in [-0.2, 0) is 14.3 Å². The third-order valence-electron chi connectivity index (χ3n) is 3.13. The molecule has 2 heterocycles. The largest absolute Gasteiger partial charge is 0.469 e. The Labute approximate surface area is 84.0 Å². The molecule has 2 unspecified atom stereocenters. The maximum Gasteiger partial charge on any atom is 0.310 e. The van der Waals surface area contributed by atoms with Crippen molar-refractivity contribution < 1.29 is 14.3 Å². The molecular weight excluding hydrogens is 182 g/mol. The van der Waals surface area contributed by atoms with E-state index < -0.39 is 0 Å². The molecule has 0 aliphatic carbocycles. The van der Waals surface area contributed by atoms with E-state index in [1.807, 2.05) is 0 Å². The van der Waals surface area contributed by atoms with Gasteiger partial charge in [0.05, 0.1) is 13.0 Å². The predicted molar refractivity (Wildman–Crippen MR) is 50.7 cm³/mol. The average Bonchev–Trinajstić information content (AvgIpc) is 2.62. The average molecular weight is 199 g/mol.